The second kappa shape index (κ2) is 6.13. The molecule has 3 aromatic rings. The molecule has 23 heavy (non-hydrogen) atoms. The van der Waals surface area contributed by atoms with Crippen LogP contribution in [0, 0.1) is 11.6 Å². The van der Waals surface area contributed by atoms with Gasteiger partial charge in [-0.3, -0.25) is 4.68 Å². The van der Waals surface area contributed by atoms with Crippen molar-refractivity contribution in [1.29, 1.82) is 0 Å². The quantitative estimate of drug-likeness (QED) is 0.745. The van der Waals surface area contributed by atoms with Gasteiger partial charge in [-0.15, -0.1) is 0 Å². The predicted octanol–water partition coefficient (Wildman–Crippen LogP) is 1.76. The number of nitrogens with zero attached hydrogens (tertiary/aromatic N) is 4. The van der Waals surface area contributed by atoms with Crippen molar-refractivity contribution in [3.8, 4) is 5.88 Å². The number of aliphatic hydroxyl groups is 1. The standard InChI is InChI=1S/C14H13F2N5O2/c1-21-12-9(7-17-21)13(23-5-4-22)20-14(19-12)18-8-2-3-10(15)11(16)6-8/h2-3,6-7,22H,4-5H2,1H3,(H,18,19,20). The third-order valence-corrected chi connectivity index (χ3v) is 3.06. The van der Waals surface area contributed by atoms with Crippen LogP contribution in [0.4, 0.5) is 20.4 Å². The average Bonchev–Trinajstić information content (AvgIpc) is 2.90. The highest BCUT2D eigenvalue weighted by atomic mass is 19.2. The SMILES string of the molecule is Cn1ncc2c(OCCO)nc(Nc3ccc(F)c(F)c3)nc21. The number of anilines is 2. The molecule has 0 fully saturated rings. The van der Waals surface area contributed by atoms with Gasteiger partial charge in [0.25, 0.3) is 0 Å². The Morgan fingerprint density at radius 2 is 2.09 bits per heavy atom. The molecule has 3 rings (SSSR count). The van der Waals surface area contributed by atoms with Crippen LogP contribution in [0.15, 0.2) is 24.4 Å². The molecule has 0 unspecified atom stereocenters. The van der Waals surface area contributed by atoms with Crippen LogP contribution in [0.3, 0.4) is 0 Å². The van der Waals surface area contributed by atoms with Gasteiger partial charge in [-0.25, -0.2) is 8.78 Å². The van der Waals surface area contributed by atoms with Crippen molar-refractivity contribution in [2.75, 3.05) is 18.5 Å². The molecule has 2 aromatic heterocycles. The molecule has 1 aromatic carbocycles. The number of hydrogen-bond donors (Lipinski definition) is 2. The number of benzene rings is 1. The lowest BCUT2D eigenvalue weighted by Crippen LogP contribution is -2.06. The molecule has 0 bridgehead atoms. The number of hydrogen-bond acceptors (Lipinski definition) is 6. The summed E-state index contributed by atoms with van der Waals surface area (Å²) in [6.07, 6.45) is 1.55. The molecule has 120 valence electrons. The van der Waals surface area contributed by atoms with Crippen LogP contribution in [0.1, 0.15) is 0 Å². The summed E-state index contributed by atoms with van der Waals surface area (Å²) in [7, 11) is 1.70. The second-order valence-corrected chi connectivity index (χ2v) is 4.68. The lowest BCUT2D eigenvalue weighted by Gasteiger charge is -2.09. The van der Waals surface area contributed by atoms with Crippen molar-refractivity contribution in [2.24, 2.45) is 7.05 Å². The first-order chi connectivity index (χ1) is 11.1. The fourth-order valence-electron chi connectivity index (χ4n) is 2.01. The minimum atomic E-state index is -0.978. The molecular formula is C14H13F2N5O2. The third kappa shape index (κ3) is 3.04. The molecule has 0 aliphatic rings. The van der Waals surface area contributed by atoms with Gasteiger partial charge in [0.1, 0.15) is 12.0 Å². The third-order valence-electron chi connectivity index (χ3n) is 3.06. The van der Waals surface area contributed by atoms with Gasteiger partial charge >= 0.3 is 0 Å². The van der Waals surface area contributed by atoms with Crippen molar-refractivity contribution in [3.63, 3.8) is 0 Å². The highest BCUT2D eigenvalue weighted by Crippen LogP contribution is 2.25. The topological polar surface area (TPSA) is 85.1 Å². The lowest BCUT2D eigenvalue weighted by molar-refractivity contribution is 0.198. The van der Waals surface area contributed by atoms with E-state index in [1.165, 1.54) is 10.7 Å². The van der Waals surface area contributed by atoms with Crippen molar-refractivity contribution >= 4 is 22.7 Å². The summed E-state index contributed by atoms with van der Waals surface area (Å²) >= 11 is 0. The van der Waals surface area contributed by atoms with Crippen LogP contribution >= 0.6 is 0 Å². The van der Waals surface area contributed by atoms with Crippen LogP contribution in [-0.2, 0) is 7.05 Å². The van der Waals surface area contributed by atoms with Crippen molar-refractivity contribution < 1.29 is 18.6 Å². The average molecular weight is 321 g/mol. The fourth-order valence-corrected chi connectivity index (χ4v) is 2.01. The smallest absolute Gasteiger partial charge is 0.232 e. The molecule has 0 spiro atoms. The number of aryl methyl sites for hydroxylation is 1. The van der Waals surface area contributed by atoms with Crippen LogP contribution in [0.2, 0.25) is 0 Å². The molecule has 0 aliphatic heterocycles. The summed E-state index contributed by atoms with van der Waals surface area (Å²) in [6, 6.07) is 3.37. The zero-order valence-electron chi connectivity index (χ0n) is 12.1. The number of ether oxygens (including phenoxy) is 1. The minimum Gasteiger partial charge on any atom is -0.475 e. The van der Waals surface area contributed by atoms with Crippen LogP contribution in [0.25, 0.3) is 11.0 Å². The van der Waals surface area contributed by atoms with Crippen LogP contribution in [-0.4, -0.2) is 38.1 Å². The summed E-state index contributed by atoms with van der Waals surface area (Å²) in [5.41, 5.74) is 0.788. The maximum Gasteiger partial charge on any atom is 0.232 e. The summed E-state index contributed by atoms with van der Waals surface area (Å²) in [4.78, 5) is 8.44. The normalized spacial score (nSPS) is 11.0. The molecule has 9 heteroatoms. The maximum atomic E-state index is 13.3. The molecule has 2 heterocycles. The van der Waals surface area contributed by atoms with E-state index in [4.69, 9.17) is 9.84 Å². The summed E-state index contributed by atoms with van der Waals surface area (Å²) in [5, 5.41) is 16.3. The predicted molar refractivity (Wildman–Crippen MR) is 78.5 cm³/mol. The van der Waals surface area contributed by atoms with E-state index in [2.05, 4.69) is 20.4 Å². The Morgan fingerprint density at radius 1 is 1.26 bits per heavy atom. The Morgan fingerprint density at radius 3 is 2.83 bits per heavy atom. The van der Waals surface area contributed by atoms with E-state index in [9.17, 15) is 8.78 Å². The van der Waals surface area contributed by atoms with Gasteiger partial charge in [0.2, 0.25) is 11.8 Å². The molecule has 0 atom stereocenters. The van der Waals surface area contributed by atoms with Crippen molar-refractivity contribution in [1.82, 2.24) is 19.7 Å². The Bertz CT molecular complexity index is 853. The first kappa shape index (κ1) is 15.1. The lowest BCUT2D eigenvalue weighted by atomic mass is 10.3. The molecule has 0 saturated heterocycles. The van der Waals surface area contributed by atoms with Crippen LogP contribution < -0.4 is 10.1 Å². The first-order valence-electron chi connectivity index (χ1n) is 6.74. The highest BCUT2D eigenvalue weighted by Gasteiger charge is 2.13. The number of rotatable bonds is 5. The fraction of sp³-hybridized carbons (Fsp3) is 0.214. The van der Waals surface area contributed by atoms with Crippen molar-refractivity contribution in [3.05, 3.63) is 36.0 Å². The van der Waals surface area contributed by atoms with Crippen LogP contribution in [0.5, 0.6) is 5.88 Å². The number of nitrogens with one attached hydrogen (secondary N) is 1. The summed E-state index contributed by atoms with van der Waals surface area (Å²) in [5.74, 6) is -1.54. The summed E-state index contributed by atoms with van der Waals surface area (Å²) < 4.78 is 33.1. The van der Waals surface area contributed by atoms with Gasteiger partial charge in [0.05, 0.1) is 12.8 Å². The van der Waals surface area contributed by atoms with E-state index >= 15 is 0 Å². The Hall–Kier alpha value is -2.81. The van der Waals surface area contributed by atoms with E-state index < -0.39 is 11.6 Å². The van der Waals surface area contributed by atoms with E-state index in [1.54, 1.807) is 13.2 Å². The number of fused-ring (bicyclic) bond motifs is 1. The van der Waals surface area contributed by atoms with Gasteiger partial charge < -0.3 is 15.2 Å². The van der Waals surface area contributed by atoms with Gasteiger partial charge in [-0.2, -0.15) is 15.1 Å². The first-order valence-corrected chi connectivity index (χ1v) is 6.74. The van der Waals surface area contributed by atoms with E-state index in [-0.39, 0.29) is 25.0 Å². The highest BCUT2D eigenvalue weighted by molar-refractivity contribution is 5.81. The van der Waals surface area contributed by atoms with E-state index in [0.717, 1.165) is 12.1 Å². The minimum absolute atomic E-state index is 0.0611. The molecule has 0 radical (unpaired) electrons. The number of aliphatic hydroxyl groups excluding tert-OH is 1. The molecule has 2 N–H and O–H groups in total. The number of halogens is 2. The molecule has 0 saturated carbocycles. The second-order valence-electron chi connectivity index (χ2n) is 4.68. The zero-order chi connectivity index (χ0) is 16.4. The summed E-state index contributed by atoms with van der Waals surface area (Å²) in [6.45, 7) is -0.108. The maximum absolute atomic E-state index is 13.3. The van der Waals surface area contributed by atoms with Gasteiger partial charge in [-0.1, -0.05) is 0 Å². The van der Waals surface area contributed by atoms with Gasteiger partial charge in [-0.05, 0) is 12.1 Å². The van der Waals surface area contributed by atoms with Crippen molar-refractivity contribution in [2.45, 2.75) is 0 Å². The number of aromatic nitrogens is 4. The Balaban J connectivity index is 1.99. The van der Waals surface area contributed by atoms with Gasteiger partial charge in [0, 0.05) is 18.8 Å². The van der Waals surface area contributed by atoms with Gasteiger partial charge in [0.15, 0.2) is 17.3 Å². The monoisotopic (exact) mass is 321 g/mol. The largest absolute Gasteiger partial charge is 0.475 e. The molecule has 0 aliphatic carbocycles. The molecule has 0 amide bonds. The Kier molecular flexibility index (Phi) is 4.02. The zero-order valence-corrected chi connectivity index (χ0v) is 12.1. The molecular weight excluding hydrogens is 308 g/mol. The molecule has 7 nitrogen and oxygen atoms in total. The van der Waals surface area contributed by atoms with E-state index in [0.29, 0.717) is 16.7 Å². The Labute approximate surface area is 129 Å². The van der Waals surface area contributed by atoms with E-state index in [1.807, 2.05) is 0 Å².